The zero-order valence-electron chi connectivity index (χ0n) is 23.6. The van der Waals surface area contributed by atoms with E-state index in [2.05, 4.69) is 15.2 Å². The Kier molecular flexibility index (Phi) is 9.73. The van der Waals surface area contributed by atoms with Gasteiger partial charge in [0.15, 0.2) is 0 Å². The average molecular weight is 547 g/mol. The summed E-state index contributed by atoms with van der Waals surface area (Å²) in [4.78, 5) is 35.6. The molecule has 3 aromatic rings. The summed E-state index contributed by atoms with van der Waals surface area (Å²) in [6, 6.07) is 15.1. The van der Waals surface area contributed by atoms with Gasteiger partial charge < -0.3 is 24.7 Å². The summed E-state index contributed by atoms with van der Waals surface area (Å²) in [5, 5.41) is 4.35. The summed E-state index contributed by atoms with van der Waals surface area (Å²) < 4.78 is 11.2. The van der Waals surface area contributed by atoms with E-state index in [4.69, 9.17) is 9.47 Å². The van der Waals surface area contributed by atoms with Gasteiger partial charge >= 0.3 is 0 Å². The van der Waals surface area contributed by atoms with Gasteiger partial charge in [-0.15, -0.1) is 0 Å². The molecule has 1 aromatic heterocycles. The number of fused-ring (bicyclic) bond motifs is 1. The van der Waals surface area contributed by atoms with Gasteiger partial charge in [-0.3, -0.25) is 14.5 Å². The molecule has 8 heteroatoms. The lowest BCUT2D eigenvalue weighted by Crippen LogP contribution is -2.50. The number of aromatic amines is 1. The highest BCUT2D eigenvalue weighted by molar-refractivity contribution is 5.92. The molecule has 1 aliphatic carbocycles. The minimum atomic E-state index is -0.726. The van der Waals surface area contributed by atoms with Crippen molar-refractivity contribution in [2.24, 2.45) is 0 Å². The van der Waals surface area contributed by atoms with Crippen molar-refractivity contribution in [3.05, 3.63) is 65.9 Å². The number of rotatable bonds is 11. The van der Waals surface area contributed by atoms with Crippen LogP contribution in [-0.2, 0) is 20.7 Å². The first-order chi connectivity index (χ1) is 19.6. The molecular weight excluding hydrogens is 504 g/mol. The molecule has 2 heterocycles. The number of aromatic nitrogens is 1. The molecule has 1 atom stereocenters. The second kappa shape index (κ2) is 13.8. The number of carbonyl (C=O) groups excluding carboxylic acids is 2. The summed E-state index contributed by atoms with van der Waals surface area (Å²) >= 11 is 0. The Labute approximate surface area is 237 Å². The van der Waals surface area contributed by atoms with Crippen LogP contribution in [0.4, 0.5) is 0 Å². The summed E-state index contributed by atoms with van der Waals surface area (Å²) in [5.74, 6) is 0.587. The second-order valence-electron chi connectivity index (χ2n) is 10.8. The Bertz CT molecular complexity index is 1250. The van der Waals surface area contributed by atoms with E-state index in [-0.39, 0.29) is 24.3 Å². The maximum Gasteiger partial charge on any atom is 0.247 e. The van der Waals surface area contributed by atoms with Crippen LogP contribution in [0.1, 0.15) is 56.2 Å². The molecule has 0 radical (unpaired) electrons. The number of hydrogen-bond donors (Lipinski definition) is 2. The number of H-pyrrole nitrogens is 1. The Morgan fingerprint density at radius 2 is 1.82 bits per heavy atom. The van der Waals surface area contributed by atoms with E-state index in [1.807, 2.05) is 61.7 Å². The molecule has 2 N–H and O–H groups in total. The van der Waals surface area contributed by atoms with E-state index in [1.54, 1.807) is 4.90 Å². The lowest BCUT2D eigenvalue weighted by Gasteiger charge is -2.35. The first-order valence-electron chi connectivity index (χ1n) is 14.8. The van der Waals surface area contributed by atoms with E-state index in [0.29, 0.717) is 32.9 Å². The number of hydrogen-bond acceptors (Lipinski definition) is 5. The SMILES string of the molecule is CCOc1ccc([C@@H](C(=O)NC2CCCCC2)N(CCN2CCOCC2)C(=O)Cc2c[nH]c3ccccc23)cc1. The maximum absolute atomic E-state index is 14.2. The van der Waals surface area contributed by atoms with Crippen molar-refractivity contribution < 1.29 is 19.1 Å². The normalized spacial score (nSPS) is 17.4. The topological polar surface area (TPSA) is 86.9 Å². The zero-order valence-corrected chi connectivity index (χ0v) is 23.6. The molecule has 1 saturated carbocycles. The molecule has 1 aliphatic heterocycles. The lowest BCUT2D eigenvalue weighted by molar-refractivity contribution is -0.141. The zero-order chi connectivity index (χ0) is 27.7. The van der Waals surface area contributed by atoms with Crippen LogP contribution in [0.2, 0.25) is 0 Å². The fraction of sp³-hybridized carbons (Fsp3) is 0.500. The standard InChI is InChI=1S/C32H42N4O4/c1-2-40-27-14-12-24(13-15-27)31(32(38)34-26-8-4-3-5-9-26)36(17-16-35-18-20-39-21-19-35)30(37)22-25-23-33-29-11-7-6-10-28(25)29/h6-7,10-15,23,26,31,33H,2-5,8-9,16-22H2,1H3,(H,34,38)/t31-/m0/s1. The molecule has 214 valence electrons. The van der Waals surface area contributed by atoms with Crippen molar-refractivity contribution in [1.29, 1.82) is 0 Å². The van der Waals surface area contributed by atoms with Gasteiger partial charge in [0, 0.05) is 49.3 Å². The molecule has 0 spiro atoms. The van der Waals surface area contributed by atoms with Crippen molar-refractivity contribution in [3.63, 3.8) is 0 Å². The number of benzene rings is 2. The van der Waals surface area contributed by atoms with Gasteiger partial charge in [0.1, 0.15) is 11.8 Å². The van der Waals surface area contributed by atoms with Gasteiger partial charge in [0.05, 0.1) is 26.2 Å². The van der Waals surface area contributed by atoms with Crippen LogP contribution in [0.15, 0.2) is 54.7 Å². The molecule has 0 unspecified atom stereocenters. The minimum Gasteiger partial charge on any atom is -0.494 e. The van der Waals surface area contributed by atoms with Crippen molar-refractivity contribution in [1.82, 2.24) is 20.1 Å². The quantitative estimate of drug-likeness (QED) is 0.371. The van der Waals surface area contributed by atoms with Crippen molar-refractivity contribution >= 4 is 22.7 Å². The predicted molar refractivity (Wildman–Crippen MR) is 156 cm³/mol. The molecule has 2 aromatic carbocycles. The van der Waals surface area contributed by atoms with E-state index in [9.17, 15) is 9.59 Å². The molecule has 2 fully saturated rings. The smallest absolute Gasteiger partial charge is 0.247 e. The van der Waals surface area contributed by atoms with Crippen LogP contribution in [0.3, 0.4) is 0 Å². The first kappa shape index (κ1) is 28.2. The van der Waals surface area contributed by atoms with Crippen LogP contribution in [0, 0.1) is 0 Å². The van der Waals surface area contributed by atoms with E-state index in [0.717, 1.165) is 66.6 Å². The van der Waals surface area contributed by atoms with Crippen LogP contribution in [-0.4, -0.2) is 78.6 Å². The number of nitrogens with one attached hydrogen (secondary N) is 2. The highest BCUT2D eigenvalue weighted by atomic mass is 16.5. The van der Waals surface area contributed by atoms with Gasteiger partial charge in [0.25, 0.3) is 0 Å². The summed E-state index contributed by atoms with van der Waals surface area (Å²) in [5.41, 5.74) is 2.74. The summed E-state index contributed by atoms with van der Waals surface area (Å²) in [6.45, 7) is 6.69. The Hall–Kier alpha value is -3.36. The van der Waals surface area contributed by atoms with Gasteiger partial charge in [-0.25, -0.2) is 0 Å². The predicted octanol–water partition coefficient (Wildman–Crippen LogP) is 4.46. The van der Waals surface area contributed by atoms with Gasteiger partial charge in [-0.05, 0) is 49.1 Å². The fourth-order valence-electron chi connectivity index (χ4n) is 5.93. The van der Waals surface area contributed by atoms with E-state index in [1.165, 1.54) is 6.42 Å². The number of morpholine rings is 1. The van der Waals surface area contributed by atoms with E-state index >= 15 is 0 Å². The van der Waals surface area contributed by atoms with Crippen molar-refractivity contribution in [2.75, 3.05) is 46.0 Å². The van der Waals surface area contributed by atoms with Crippen LogP contribution in [0.5, 0.6) is 5.75 Å². The molecule has 5 rings (SSSR count). The molecule has 1 saturated heterocycles. The highest BCUT2D eigenvalue weighted by Gasteiger charge is 2.33. The summed E-state index contributed by atoms with van der Waals surface area (Å²) in [6.07, 6.45) is 7.56. The number of carbonyl (C=O) groups is 2. The third kappa shape index (κ3) is 7.04. The number of ether oxygens (including phenoxy) is 2. The third-order valence-electron chi connectivity index (χ3n) is 8.12. The van der Waals surface area contributed by atoms with Gasteiger partial charge in [-0.1, -0.05) is 49.6 Å². The fourth-order valence-corrected chi connectivity index (χ4v) is 5.93. The van der Waals surface area contributed by atoms with Crippen molar-refractivity contribution in [2.45, 2.75) is 57.5 Å². The minimum absolute atomic E-state index is 0.0595. The van der Waals surface area contributed by atoms with Crippen LogP contribution >= 0.6 is 0 Å². The lowest BCUT2D eigenvalue weighted by atomic mass is 9.94. The largest absolute Gasteiger partial charge is 0.494 e. The van der Waals surface area contributed by atoms with E-state index < -0.39 is 6.04 Å². The summed E-state index contributed by atoms with van der Waals surface area (Å²) in [7, 11) is 0. The number of amides is 2. The Morgan fingerprint density at radius 3 is 2.58 bits per heavy atom. The van der Waals surface area contributed by atoms with Gasteiger partial charge in [0.2, 0.25) is 11.8 Å². The first-order valence-corrected chi connectivity index (χ1v) is 14.8. The number of para-hydroxylation sites is 1. The Balaban J connectivity index is 1.45. The van der Waals surface area contributed by atoms with Crippen molar-refractivity contribution in [3.8, 4) is 5.75 Å². The molecule has 2 amide bonds. The van der Waals surface area contributed by atoms with Gasteiger partial charge in [-0.2, -0.15) is 0 Å². The number of nitrogens with zero attached hydrogens (tertiary/aromatic N) is 2. The Morgan fingerprint density at radius 1 is 1.07 bits per heavy atom. The molecular formula is C32H42N4O4. The molecule has 8 nitrogen and oxygen atoms in total. The molecule has 40 heavy (non-hydrogen) atoms. The monoisotopic (exact) mass is 546 g/mol. The average Bonchev–Trinajstić information content (AvgIpc) is 3.39. The molecule has 0 bridgehead atoms. The second-order valence-corrected chi connectivity index (χ2v) is 10.8. The molecule has 2 aliphatic rings. The maximum atomic E-state index is 14.2. The van der Waals surface area contributed by atoms with Crippen LogP contribution < -0.4 is 10.1 Å². The van der Waals surface area contributed by atoms with Crippen LogP contribution in [0.25, 0.3) is 10.9 Å². The third-order valence-corrected chi connectivity index (χ3v) is 8.12. The highest BCUT2D eigenvalue weighted by Crippen LogP contribution is 2.28.